The lowest BCUT2D eigenvalue weighted by Crippen LogP contribution is -2.54. The topological polar surface area (TPSA) is 117 Å². The lowest BCUT2D eigenvalue weighted by atomic mass is 10.0. The van der Waals surface area contributed by atoms with Gasteiger partial charge in [0, 0.05) is 26.1 Å². The molecule has 3 N–H and O–H groups in total. The van der Waals surface area contributed by atoms with Crippen molar-refractivity contribution < 1.29 is 23.9 Å². The number of anilines is 1. The molecule has 0 saturated carbocycles. The Kier molecular flexibility index (Phi) is 5.10. The Hall–Kier alpha value is -3.72. The first-order valence-corrected chi connectivity index (χ1v) is 10.6. The Morgan fingerprint density at radius 3 is 2.53 bits per heavy atom. The predicted molar refractivity (Wildman–Crippen MR) is 114 cm³/mol. The molecule has 9 heteroatoms. The van der Waals surface area contributed by atoms with Gasteiger partial charge >= 0.3 is 0 Å². The zero-order valence-electron chi connectivity index (χ0n) is 17.3. The molecule has 9 nitrogen and oxygen atoms in total. The van der Waals surface area contributed by atoms with E-state index in [1.807, 2.05) is 18.2 Å². The van der Waals surface area contributed by atoms with Gasteiger partial charge in [0.25, 0.3) is 11.8 Å². The highest BCUT2D eigenvalue weighted by molar-refractivity contribution is 6.23. The fourth-order valence-corrected chi connectivity index (χ4v) is 4.27. The normalized spacial score (nSPS) is 19.8. The molecule has 32 heavy (non-hydrogen) atoms. The van der Waals surface area contributed by atoms with E-state index < -0.39 is 29.7 Å². The largest absolute Gasteiger partial charge is 0.490 e. The standard InChI is InChI=1S/C23H22N4O5/c28-20-6-5-18(21(29)26-20)27-22(30)15-3-1-13(9-16(15)23(27)31)11-24-12-14-2-4-17-19(10-14)32-8-7-25-17/h1-4,9-10,18,24-25H,5-8,11-12H2,(H,26,28,29). The highest BCUT2D eigenvalue weighted by Gasteiger charge is 2.44. The van der Waals surface area contributed by atoms with Crippen LogP contribution in [0.1, 0.15) is 44.7 Å². The van der Waals surface area contributed by atoms with E-state index in [0.717, 1.165) is 34.0 Å². The third-order valence-electron chi connectivity index (χ3n) is 5.88. The molecule has 3 heterocycles. The third kappa shape index (κ3) is 3.60. The second kappa shape index (κ2) is 8.08. The SMILES string of the molecule is O=C1CCC(N2C(=O)c3ccc(CNCc4ccc5c(c4)OCCN5)cc3C2=O)C(=O)N1. The molecule has 0 bridgehead atoms. The summed E-state index contributed by atoms with van der Waals surface area (Å²) in [6, 6.07) is 10.2. The summed E-state index contributed by atoms with van der Waals surface area (Å²) in [5, 5.41) is 8.83. The van der Waals surface area contributed by atoms with Crippen molar-refractivity contribution in [1.82, 2.24) is 15.5 Å². The van der Waals surface area contributed by atoms with Crippen molar-refractivity contribution in [3.63, 3.8) is 0 Å². The highest BCUT2D eigenvalue weighted by atomic mass is 16.5. The second-order valence-corrected chi connectivity index (χ2v) is 8.04. The Labute approximate surface area is 184 Å². The number of carbonyl (C=O) groups is 4. The number of piperidine rings is 1. The van der Waals surface area contributed by atoms with Crippen LogP contribution >= 0.6 is 0 Å². The first kappa shape index (κ1) is 20.2. The summed E-state index contributed by atoms with van der Waals surface area (Å²) < 4.78 is 5.66. The summed E-state index contributed by atoms with van der Waals surface area (Å²) in [4.78, 5) is 50.2. The number of imide groups is 2. The highest BCUT2D eigenvalue weighted by Crippen LogP contribution is 2.29. The number of ether oxygens (including phenoxy) is 1. The number of carbonyl (C=O) groups excluding carboxylic acids is 4. The average molecular weight is 434 g/mol. The molecular formula is C23H22N4O5. The van der Waals surface area contributed by atoms with Crippen molar-refractivity contribution >= 4 is 29.3 Å². The van der Waals surface area contributed by atoms with E-state index >= 15 is 0 Å². The van der Waals surface area contributed by atoms with Crippen molar-refractivity contribution in [3.8, 4) is 5.75 Å². The molecule has 0 radical (unpaired) electrons. The van der Waals surface area contributed by atoms with Crippen LogP contribution in [0.5, 0.6) is 5.75 Å². The van der Waals surface area contributed by atoms with Crippen LogP contribution in [0.4, 0.5) is 5.69 Å². The van der Waals surface area contributed by atoms with E-state index in [4.69, 9.17) is 4.74 Å². The zero-order chi connectivity index (χ0) is 22.2. The maximum atomic E-state index is 12.9. The van der Waals surface area contributed by atoms with Crippen LogP contribution in [0.15, 0.2) is 36.4 Å². The van der Waals surface area contributed by atoms with Crippen molar-refractivity contribution in [1.29, 1.82) is 0 Å². The quantitative estimate of drug-likeness (QED) is 0.605. The fourth-order valence-electron chi connectivity index (χ4n) is 4.27. The molecule has 3 aliphatic heterocycles. The molecular weight excluding hydrogens is 412 g/mol. The van der Waals surface area contributed by atoms with Crippen LogP contribution in [0.3, 0.4) is 0 Å². The van der Waals surface area contributed by atoms with E-state index in [1.54, 1.807) is 18.2 Å². The number of hydrogen-bond donors (Lipinski definition) is 3. The monoisotopic (exact) mass is 434 g/mol. The van der Waals surface area contributed by atoms with E-state index in [0.29, 0.717) is 19.7 Å². The number of fused-ring (bicyclic) bond motifs is 2. The lowest BCUT2D eigenvalue weighted by Gasteiger charge is -2.27. The van der Waals surface area contributed by atoms with Crippen molar-refractivity contribution in [3.05, 3.63) is 58.7 Å². The van der Waals surface area contributed by atoms with Crippen molar-refractivity contribution in [2.75, 3.05) is 18.5 Å². The van der Waals surface area contributed by atoms with Gasteiger partial charge in [-0.15, -0.1) is 0 Å². The van der Waals surface area contributed by atoms with Gasteiger partial charge in [0.1, 0.15) is 18.4 Å². The van der Waals surface area contributed by atoms with Gasteiger partial charge in [-0.3, -0.25) is 29.4 Å². The molecule has 0 aromatic heterocycles. The zero-order valence-corrected chi connectivity index (χ0v) is 17.3. The fraction of sp³-hybridized carbons (Fsp3) is 0.304. The van der Waals surface area contributed by atoms with E-state index in [-0.39, 0.29) is 24.0 Å². The number of nitrogens with zero attached hydrogens (tertiary/aromatic N) is 1. The second-order valence-electron chi connectivity index (χ2n) is 8.04. The molecule has 164 valence electrons. The molecule has 1 unspecified atom stereocenters. The van der Waals surface area contributed by atoms with Crippen LogP contribution in [0.2, 0.25) is 0 Å². The molecule has 0 aliphatic carbocycles. The smallest absolute Gasteiger partial charge is 0.262 e. The summed E-state index contributed by atoms with van der Waals surface area (Å²) in [6.45, 7) is 2.55. The van der Waals surface area contributed by atoms with Crippen LogP contribution in [-0.4, -0.2) is 47.7 Å². The minimum atomic E-state index is -0.956. The number of rotatable bonds is 5. The first-order chi connectivity index (χ1) is 15.5. The van der Waals surface area contributed by atoms with Gasteiger partial charge in [-0.05, 0) is 41.8 Å². The van der Waals surface area contributed by atoms with Crippen LogP contribution in [0, 0.1) is 0 Å². The molecule has 3 aliphatic rings. The third-order valence-corrected chi connectivity index (χ3v) is 5.88. The Morgan fingerprint density at radius 1 is 0.969 bits per heavy atom. The maximum absolute atomic E-state index is 12.9. The lowest BCUT2D eigenvalue weighted by molar-refractivity contribution is -0.136. The molecule has 0 spiro atoms. The number of benzene rings is 2. The van der Waals surface area contributed by atoms with Crippen LogP contribution in [0.25, 0.3) is 0 Å². The van der Waals surface area contributed by atoms with Crippen molar-refractivity contribution in [2.24, 2.45) is 0 Å². The summed E-state index contributed by atoms with van der Waals surface area (Å²) >= 11 is 0. The van der Waals surface area contributed by atoms with Crippen LogP contribution in [-0.2, 0) is 22.7 Å². The van der Waals surface area contributed by atoms with E-state index in [1.165, 1.54) is 0 Å². The maximum Gasteiger partial charge on any atom is 0.262 e. The first-order valence-electron chi connectivity index (χ1n) is 10.6. The van der Waals surface area contributed by atoms with Gasteiger partial charge in [0.15, 0.2) is 0 Å². The van der Waals surface area contributed by atoms with Gasteiger partial charge in [-0.1, -0.05) is 12.1 Å². The molecule has 1 saturated heterocycles. The average Bonchev–Trinajstić information content (AvgIpc) is 3.03. The Bertz CT molecular complexity index is 1150. The predicted octanol–water partition coefficient (Wildman–Crippen LogP) is 1.18. The molecule has 1 atom stereocenters. The van der Waals surface area contributed by atoms with Gasteiger partial charge in [-0.2, -0.15) is 0 Å². The molecule has 5 rings (SSSR count). The molecule has 2 aromatic rings. The molecule has 4 amide bonds. The molecule has 1 fully saturated rings. The summed E-state index contributed by atoms with van der Waals surface area (Å²) in [5.74, 6) is -1.16. The number of nitrogens with one attached hydrogen (secondary N) is 3. The Morgan fingerprint density at radius 2 is 1.72 bits per heavy atom. The summed E-state index contributed by atoms with van der Waals surface area (Å²) in [5.41, 5.74) is 3.48. The van der Waals surface area contributed by atoms with Crippen LogP contribution < -0.4 is 20.7 Å². The van der Waals surface area contributed by atoms with Gasteiger partial charge < -0.3 is 15.4 Å². The van der Waals surface area contributed by atoms with E-state index in [9.17, 15) is 19.2 Å². The van der Waals surface area contributed by atoms with Gasteiger partial charge in [0.05, 0.1) is 16.8 Å². The van der Waals surface area contributed by atoms with Crippen molar-refractivity contribution in [2.45, 2.75) is 32.0 Å². The summed E-state index contributed by atoms with van der Waals surface area (Å²) in [7, 11) is 0. The minimum Gasteiger partial charge on any atom is -0.490 e. The summed E-state index contributed by atoms with van der Waals surface area (Å²) in [6.07, 6.45) is 0.243. The van der Waals surface area contributed by atoms with Gasteiger partial charge in [-0.25, -0.2) is 0 Å². The van der Waals surface area contributed by atoms with E-state index in [2.05, 4.69) is 16.0 Å². The Balaban J connectivity index is 1.26. The number of hydrogen-bond acceptors (Lipinski definition) is 7. The molecule has 2 aromatic carbocycles. The minimum absolute atomic E-state index is 0.1000. The number of amides is 4. The van der Waals surface area contributed by atoms with Gasteiger partial charge in [0.2, 0.25) is 11.8 Å².